The SMILES string of the molecule is CCCC(=O)OC[C@H]1O[C@@H](O[C@H]2[C@H](OC(=O)CCC)[C@@H](OC(=O)CCC)[C@H](OC(=O)CCC)O[C@@H]2COC(=O)CCC)[C@H](OC(=O)CCC)[C@@H](OC(=O)CCC)[C@@H]1OC(=O)CCC. The fourth-order valence-electron chi connectivity index (χ4n) is 6.58. The number of rotatable bonds is 28. The van der Waals surface area contributed by atoms with E-state index in [2.05, 4.69) is 0 Å². The van der Waals surface area contributed by atoms with Gasteiger partial charge in [-0.05, 0) is 51.4 Å². The first-order valence-corrected chi connectivity index (χ1v) is 22.6. The summed E-state index contributed by atoms with van der Waals surface area (Å²) in [6.45, 7) is 12.8. The van der Waals surface area contributed by atoms with Gasteiger partial charge in [-0.15, -0.1) is 0 Å². The molecular formula is C44H70O19. The van der Waals surface area contributed by atoms with Gasteiger partial charge in [-0.3, -0.25) is 38.4 Å². The third kappa shape index (κ3) is 18.7. The highest BCUT2D eigenvalue weighted by Crippen LogP contribution is 2.36. The maximum Gasteiger partial charge on any atom is 0.308 e. The molecule has 0 bridgehead atoms. The number of hydrogen-bond donors (Lipinski definition) is 0. The third-order valence-corrected chi connectivity index (χ3v) is 9.51. The topological polar surface area (TPSA) is 238 Å². The molecule has 19 heteroatoms. The van der Waals surface area contributed by atoms with E-state index in [-0.39, 0.29) is 51.4 Å². The third-order valence-electron chi connectivity index (χ3n) is 9.51. The lowest BCUT2D eigenvalue weighted by molar-refractivity contribution is -0.358. The lowest BCUT2D eigenvalue weighted by atomic mass is 9.95. The van der Waals surface area contributed by atoms with E-state index in [4.69, 9.17) is 52.1 Å². The van der Waals surface area contributed by atoms with Gasteiger partial charge in [0.05, 0.1) is 0 Å². The van der Waals surface area contributed by atoms with E-state index in [1.165, 1.54) is 0 Å². The van der Waals surface area contributed by atoms with Gasteiger partial charge in [-0.2, -0.15) is 0 Å². The molecule has 2 saturated heterocycles. The molecule has 0 N–H and O–H groups in total. The van der Waals surface area contributed by atoms with Gasteiger partial charge in [0.2, 0.25) is 12.4 Å². The molecule has 0 aromatic rings. The average molecular weight is 903 g/mol. The number of carbonyl (C=O) groups excluding carboxylic acids is 8. The molecule has 2 aliphatic heterocycles. The van der Waals surface area contributed by atoms with Crippen molar-refractivity contribution in [1.82, 2.24) is 0 Å². The summed E-state index contributed by atoms with van der Waals surface area (Å²) in [5.74, 6) is -5.80. The van der Waals surface area contributed by atoms with Crippen LogP contribution < -0.4 is 0 Å². The van der Waals surface area contributed by atoms with Gasteiger partial charge < -0.3 is 52.1 Å². The molecule has 10 atom stereocenters. The molecule has 2 fully saturated rings. The summed E-state index contributed by atoms with van der Waals surface area (Å²) in [5, 5.41) is 0. The Kier molecular flexibility index (Phi) is 26.0. The van der Waals surface area contributed by atoms with Gasteiger partial charge in [-0.1, -0.05) is 55.4 Å². The molecule has 2 heterocycles. The lowest BCUT2D eigenvalue weighted by Crippen LogP contribution is -2.67. The van der Waals surface area contributed by atoms with Crippen LogP contribution in [0.2, 0.25) is 0 Å². The van der Waals surface area contributed by atoms with Crippen LogP contribution in [0.4, 0.5) is 0 Å². The largest absolute Gasteiger partial charge is 0.463 e. The maximum absolute atomic E-state index is 13.5. The highest BCUT2D eigenvalue weighted by Gasteiger charge is 2.58. The minimum absolute atomic E-state index is 0.0158. The smallest absolute Gasteiger partial charge is 0.308 e. The number of carbonyl (C=O) groups is 8. The fourth-order valence-corrected chi connectivity index (χ4v) is 6.58. The van der Waals surface area contributed by atoms with Crippen LogP contribution in [0.1, 0.15) is 158 Å². The zero-order valence-electron chi connectivity index (χ0n) is 38.3. The Morgan fingerprint density at radius 3 is 0.968 bits per heavy atom. The first-order chi connectivity index (χ1) is 30.2. The molecule has 0 unspecified atom stereocenters. The van der Waals surface area contributed by atoms with Crippen molar-refractivity contribution in [2.45, 2.75) is 220 Å². The van der Waals surface area contributed by atoms with Crippen molar-refractivity contribution in [2.24, 2.45) is 0 Å². The highest BCUT2D eigenvalue weighted by molar-refractivity contribution is 5.73. The normalized spacial score (nSPS) is 25.5. The minimum Gasteiger partial charge on any atom is -0.463 e. The molecule has 2 aliphatic rings. The Morgan fingerprint density at radius 1 is 0.317 bits per heavy atom. The van der Waals surface area contributed by atoms with Crippen LogP contribution in [0.5, 0.6) is 0 Å². The van der Waals surface area contributed by atoms with Crippen molar-refractivity contribution in [1.29, 1.82) is 0 Å². The first kappa shape index (κ1) is 54.8. The standard InChI is InChI=1S/C44H70O19/c1-9-17-29(45)53-25-27-37(57-31(47)19-11-3)39(58-32(48)20-12-4)42(61-35(51)23-15-7)44(56-27)63-38-28(26-54-30(46)18-10-2)55-43(62-36(52)24-16-8)41(60-34(50)22-14-6)40(38)59-33(49)21-13-5/h27-28,37-44H,9-26H2,1-8H3/t27-,28-,37-,38-,39+,40+,41-,42-,43+,44+/m1/s1. The van der Waals surface area contributed by atoms with E-state index < -0.39 is 122 Å². The summed E-state index contributed by atoms with van der Waals surface area (Å²) in [6.07, 6.45) is -13.7. The zero-order chi connectivity index (χ0) is 46.9. The van der Waals surface area contributed by atoms with E-state index >= 15 is 0 Å². The molecule has 2 rings (SSSR count). The van der Waals surface area contributed by atoms with Crippen LogP contribution in [-0.2, 0) is 90.5 Å². The molecule has 19 nitrogen and oxygen atoms in total. The highest BCUT2D eigenvalue weighted by atomic mass is 16.8. The predicted molar refractivity (Wildman–Crippen MR) is 219 cm³/mol. The molecule has 0 aliphatic carbocycles. The molecule has 0 aromatic carbocycles. The quantitative estimate of drug-likeness (QED) is 0.0704. The van der Waals surface area contributed by atoms with Crippen molar-refractivity contribution in [3.8, 4) is 0 Å². The molecular weight excluding hydrogens is 832 g/mol. The number of hydrogen-bond acceptors (Lipinski definition) is 19. The summed E-state index contributed by atoms with van der Waals surface area (Å²) in [4.78, 5) is 105. The van der Waals surface area contributed by atoms with Crippen molar-refractivity contribution >= 4 is 47.8 Å². The van der Waals surface area contributed by atoms with Crippen LogP contribution in [0.25, 0.3) is 0 Å². The predicted octanol–water partition coefficient (Wildman–Crippen LogP) is 5.41. The Labute approximate surface area is 370 Å². The Hall–Kier alpha value is -4.36. The van der Waals surface area contributed by atoms with Gasteiger partial charge in [0.15, 0.2) is 30.7 Å². The molecule has 0 radical (unpaired) electrons. The van der Waals surface area contributed by atoms with Gasteiger partial charge in [0.1, 0.15) is 31.5 Å². The number of esters is 8. The van der Waals surface area contributed by atoms with Gasteiger partial charge >= 0.3 is 47.8 Å². The van der Waals surface area contributed by atoms with E-state index in [9.17, 15) is 38.4 Å². The first-order valence-electron chi connectivity index (χ1n) is 22.6. The summed E-state index contributed by atoms with van der Waals surface area (Å²) < 4.78 is 65.7. The second-order valence-corrected chi connectivity index (χ2v) is 15.3. The molecule has 0 saturated carbocycles. The van der Waals surface area contributed by atoms with Crippen molar-refractivity contribution in [2.75, 3.05) is 13.2 Å². The maximum atomic E-state index is 13.5. The minimum atomic E-state index is -1.83. The summed E-state index contributed by atoms with van der Waals surface area (Å²) in [5.41, 5.74) is 0. The Balaban J connectivity index is 2.96. The van der Waals surface area contributed by atoms with Crippen molar-refractivity contribution < 1.29 is 90.5 Å². The molecule has 0 amide bonds. The monoisotopic (exact) mass is 902 g/mol. The summed E-state index contributed by atoms with van der Waals surface area (Å²) in [6, 6.07) is 0. The Morgan fingerprint density at radius 2 is 0.587 bits per heavy atom. The molecule has 360 valence electrons. The van der Waals surface area contributed by atoms with E-state index in [0.717, 1.165) is 0 Å². The fraction of sp³-hybridized carbons (Fsp3) is 0.818. The zero-order valence-corrected chi connectivity index (χ0v) is 38.3. The van der Waals surface area contributed by atoms with Crippen LogP contribution in [0.15, 0.2) is 0 Å². The van der Waals surface area contributed by atoms with Crippen LogP contribution >= 0.6 is 0 Å². The lowest BCUT2D eigenvalue weighted by Gasteiger charge is -2.48. The van der Waals surface area contributed by atoms with E-state index in [1.807, 2.05) is 0 Å². The van der Waals surface area contributed by atoms with Crippen molar-refractivity contribution in [3.05, 3.63) is 0 Å². The van der Waals surface area contributed by atoms with Crippen molar-refractivity contribution in [3.63, 3.8) is 0 Å². The van der Waals surface area contributed by atoms with Crippen LogP contribution in [0, 0.1) is 0 Å². The second-order valence-electron chi connectivity index (χ2n) is 15.3. The van der Waals surface area contributed by atoms with E-state index in [1.54, 1.807) is 55.4 Å². The average Bonchev–Trinajstić information content (AvgIpc) is 3.21. The van der Waals surface area contributed by atoms with Crippen LogP contribution in [-0.4, -0.2) is 122 Å². The van der Waals surface area contributed by atoms with Gasteiger partial charge in [0.25, 0.3) is 0 Å². The summed E-state index contributed by atoms with van der Waals surface area (Å²) >= 11 is 0. The van der Waals surface area contributed by atoms with E-state index in [0.29, 0.717) is 51.4 Å². The second kappa shape index (κ2) is 29.9. The Bertz CT molecular complexity index is 1470. The van der Waals surface area contributed by atoms with Crippen LogP contribution in [0.3, 0.4) is 0 Å². The molecule has 0 aromatic heterocycles. The number of ether oxygens (including phenoxy) is 11. The van der Waals surface area contributed by atoms with Gasteiger partial charge in [-0.25, -0.2) is 0 Å². The molecule has 0 spiro atoms. The molecule has 63 heavy (non-hydrogen) atoms. The van der Waals surface area contributed by atoms with Gasteiger partial charge in [0, 0.05) is 51.4 Å². The summed E-state index contributed by atoms with van der Waals surface area (Å²) in [7, 11) is 0.